The van der Waals surface area contributed by atoms with Crippen LogP contribution in [0.25, 0.3) is 5.65 Å². The maximum Gasteiger partial charge on any atom is 0.321 e. The van der Waals surface area contributed by atoms with Crippen molar-refractivity contribution in [1.29, 1.82) is 0 Å². The lowest BCUT2D eigenvalue weighted by Crippen LogP contribution is -2.49. The Morgan fingerprint density at radius 3 is 2.52 bits per heavy atom. The Hall–Kier alpha value is -2.28. The molecule has 1 aliphatic rings. The summed E-state index contributed by atoms with van der Waals surface area (Å²) in [7, 11) is 0. The molecule has 2 amide bonds. The van der Waals surface area contributed by atoms with E-state index in [1.54, 1.807) is 23.1 Å². The van der Waals surface area contributed by atoms with Crippen molar-refractivity contribution in [3.63, 3.8) is 0 Å². The van der Waals surface area contributed by atoms with Crippen LogP contribution in [-0.4, -0.2) is 51.4 Å². The number of nitrogens with one attached hydrogen (secondary N) is 1. The molecule has 140 valence electrons. The third kappa shape index (κ3) is 4.35. The fourth-order valence-electron chi connectivity index (χ4n) is 3.23. The van der Waals surface area contributed by atoms with Gasteiger partial charge in [0.1, 0.15) is 5.65 Å². The molecule has 1 saturated heterocycles. The molecule has 1 N–H and O–H groups in total. The number of carbonyl (C=O) groups is 1. The summed E-state index contributed by atoms with van der Waals surface area (Å²) in [4.78, 5) is 21.2. The second kappa shape index (κ2) is 7.76. The molecule has 0 radical (unpaired) electrons. The van der Waals surface area contributed by atoms with Gasteiger partial charge >= 0.3 is 6.03 Å². The number of halogens is 2. The number of benzene rings is 1. The van der Waals surface area contributed by atoms with E-state index in [9.17, 15) is 4.79 Å². The lowest BCUT2D eigenvalue weighted by Gasteiger charge is -2.34. The van der Waals surface area contributed by atoms with Crippen LogP contribution in [0.5, 0.6) is 0 Å². The Morgan fingerprint density at radius 1 is 1.07 bits per heavy atom. The van der Waals surface area contributed by atoms with Crippen LogP contribution in [0, 0.1) is 0 Å². The summed E-state index contributed by atoms with van der Waals surface area (Å²) >= 11 is 12.0. The second-order valence-electron chi connectivity index (χ2n) is 6.55. The molecule has 0 bridgehead atoms. The zero-order chi connectivity index (χ0) is 18.8. The van der Waals surface area contributed by atoms with Crippen LogP contribution in [0.2, 0.25) is 10.0 Å². The van der Waals surface area contributed by atoms with Gasteiger partial charge in [-0.3, -0.25) is 4.90 Å². The highest BCUT2D eigenvalue weighted by Crippen LogP contribution is 2.23. The van der Waals surface area contributed by atoms with Gasteiger partial charge in [-0.1, -0.05) is 29.3 Å². The van der Waals surface area contributed by atoms with Crippen LogP contribution >= 0.6 is 23.2 Å². The topological polar surface area (TPSA) is 52.9 Å². The molecule has 8 heteroatoms. The minimum atomic E-state index is -0.138. The van der Waals surface area contributed by atoms with Crippen LogP contribution in [0.4, 0.5) is 10.5 Å². The fraction of sp³-hybridized carbons (Fsp3) is 0.263. The Labute approximate surface area is 167 Å². The molecule has 3 aromatic rings. The van der Waals surface area contributed by atoms with Crippen molar-refractivity contribution in [2.45, 2.75) is 6.54 Å². The maximum absolute atomic E-state index is 12.5. The largest absolute Gasteiger partial charge is 0.322 e. The normalized spacial score (nSPS) is 15.3. The number of rotatable bonds is 3. The van der Waals surface area contributed by atoms with E-state index in [0.29, 0.717) is 28.8 Å². The van der Waals surface area contributed by atoms with Crippen molar-refractivity contribution in [3.8, 4) is 0 Å². The fourth-order valence-corrected chi connectivity index (χ4v) is 3.76. The quantitative estimate of drug-likeness (QED) is 0.718. The Kier molecular flexibility index (Phi) is 5.20. The molecule has 0 saturated carbocycles. The molecular formula is C19H19Cl2N5O. The summed E-state index contributed by atoms with van der Waals surface area (Å²) in [6, 6.07) is 10.8. The monoisotopic (exact) mass is 403 g/mol. The first-order valence-electron chi connectivity index (χ1n) is 8.74. The third-order valence-electron chi connectivity index (χ3n) is 4.57. The maximum atomic E-state index is 12.5. The Bertz CT molecular complexity index is 912. The van der Waals surface area contributed by atoms with Crippen LogP contribution in [0.15, 0.2) is 48.8 Å². The molecule has 0 aliphatic carbocycles. The summed E-state index contributed by atoms with van der Waals surface area (Å²) in [5.74, 6) is 0. The van der Waals surface area contributed by atoms with Gasteiger partial charge in [0.25, 0.3) is 0 Å². The molecule has 27 heavy (non-hydrogen) atoms. The van der Waals surface area contributed by atoms with Crippen molar-refractivity contribution in [1.82, 2.24) is 19.2 Å². The van der Waals surface area contributed by atoms with Crippen molar-refractivity contribution >= 4 is 40.6 Å². The van der Waals surface area contributed by atoms with Crippen LogP contribution < -0.4 is 5.32 Å². The highest BCUT2D eigenvalue weighted by atomic mass is 35.5. The van der Waals surface area contributed by atoms with E-state index in [1.165, 1.54) is 0 Å². The van der Waals surface area contributed by atoms with E-state index < -0.39 is 0 Å². The second-order valence-corrected chi connectivity index (χ2v) is 7.42. The third-order valence-corrected chi connectivity index (χ3v) is 5.01. The summed E-state index contributed by atoms with van der Waals surface area (Å²) in [5, 5.41) is 3.85. The van der Waals surface area contributed by atoms with Gasteiger partial charge in [0.15, 0.2) is 0 Å². The SMILES string of the molecule is O=C(Nc1cc(Cl)cc(Cl)c1)N1CCN(Cc2cn3ccccc3n2)CC1. The van der Waals surface area contributed by atoms with E-state index in [2.05, 4.69) is 21.4 Å². The molecule has 6 nitrogen and oxygen atoms in total. The standard InChI is InChI=1S/C19H19Cl2N5O/c20-14-9-15(21)11-16(10-14)23-19(27)25-7-5-24(6-8-25)12-17-13-26-4-2-1-3-18(26)22-17/h1-4,9-11,13H,5-8,12H2,(H,23,27). The molecule has 2 aromatic heterocycles. The first-order valence-corrected chi connectivity index (χ1v) is 9.49. The number of carbonyl (C=O) groups excluding carboxylic acids is 1. The van der Waals surface area contributed by atoms with Crippen molar-refractivity contribution in [3.05, 3.63) is 64.5 Å². The van der Waals surface area contributed by atoms with Crippen molar-refractivity contribution in [2.75, 3.05) is 31.5 Å². The molecule has 1 fully saturated rings. The van der Waals surface area contributed by atoms with Crippen LogP contribution in [0.3, 0.4) is 0 Å². The van der Waals surface area contributed by atoms with Gasteiger partial charge in [-0.25, -0.2) is 9.78 Å². The predicted molar refractivity (Wildman–Crippen MR) is 108 cm³/mol. The smallest absolute Gasteiger partial charge is 0.321 e. The number of nitrogens with zero attached hydrogens (tertiary/aromatic N) is 4. The molecule has 4 rings (SSSR count). The Balaban J connectivity index is 1.32. The van der Waals surface area contributed by atoms with Crippen molar-refractivity contribution < 1.29 is 4.79 Å². The molecule has 3 heterocycles. The Morgan fingerprint density at radius 2 is 1.81 bits per heavy atom. The van der Waals surface area contributed by atoms with E-state index in [0.717, 1.165) is 31.0 Å². The number of hydrogen-bond acceptors (Lipinski definition) is 3. The highest BCUT2D eigenvalue weighted by molar-refractivity contribution is 6.35. The van der Waals surface area contributed by atoms with E-state index in [1.807, 2.05) is 28.8 Å². The number of imidazole rings is 1. The number of fused-ring (bicyclic) bond motifs is 1. The van der Waals surface area contributed by atoms with Gasteiger partial charge < -0.3 is 14.6 Å². The predicted octanol–water partition coefficient (Wildman–Crippen LogP) is 3.99. The number of hydrogen-bond donors (Lipinski definition) is 1. The number of amides is 2. The molecule has 0 atom stereocenters. The molecular weight excluding hydrogens is 385 g/mol. The first-order chi connectivity index (χ1) is 13.1. The van der Waals surface area contributed by atoms with Gasteiger partial charge in [-0.2, -0.15) is 0 Å². The molecule has 0 spiro atoms. The number of pyridine rings is 1. The molecule has 0 unspecified atom stereocenters. The summed E-state index contributed by atoms with van der Waals surface area (Å²) in [6.07, 6.45) is 4.05. The molecule has 1 aliphatic heterocycles. The average Bonchev–Trinajstić information content (AvgIpc) is 3.03. The zero-order valence-electron chi connectivity index (χ0n) is 14.6. The van der Waals surface area contributed by atoms with Crippen LogP contribution in [0.1, 0.15) is 5.69 Å². The zero-order valence-corrected chi connectivity index (χ0v) is 16.1. The average molecular weight is 404 g/mol. The first kappa shape index (κ1) is 18.1. The number of piperazine rings is 1. The van der Waals surface area contributed by atoms with E-state index >= 15 is 0 Å². The van der Waals surface area contributed by atoms with Gasteiger partial charge in [-0.15, -0.1) is 0 Å². The lowest BCUT2D eigenvalue weighted by atomic mass is 10.3. The van der Waals surface area contributed by atoms with Gasteiger partial charge in [-0.05, 0) is 30.3 Å². The van der Waals surface area contributed by atoms with Crippen LogP contribution in [-0.2, 0) is 6.54 Å². The minimum absolute atomic E-state index is 0.138. The summed E-state index contributed by atoms with van der Waals surface area (Å²) in [5.41, 5.74) is 2.59. The highest BCUT2D eigenvalue weighted by Gasteiger charge is 2.22. The van der Waals surface area contributed by atoms with E-state index in [4.69, 9.17) is 23.2 Å². The van der Waals surface area contributed by atoms with Crippen molar-refractivity contribution in [2.24, 2.45) is 0 Å². The lowest BCUT2D eigenvalue weighted by molar-refractivity contribution is 0.142. The van der Waals surface area contributed by atoms with Gasteiger partial charge in [0, 0.05) is 60.9 Å². The molecule has 1 aromatic carbocycles. The number of urea groups is 1. The van der Waals surface area contributed by atoms with E-state index in [-0.39, 0.29) is 6.03 Å². The van der Waals surface area contributed by atoms with Gasteiger partial charge in [0.2, 0.25) is 0 Å². The number of aromatic nitrogens is 2. The summed E-state index contributed by atoms with van der Waals surface area (Å²) < 4.78 is 2.02. The number of anilines is 1. The minimum Gasteiger partial charge on any atom is -0.322 e. The summed E-state index contributed by atoms with van der Waals surface area (Å²) in [6.45, 7) is 3.71. The van der Waals surface area contributed by atoms with Gasteiger partial charge in [0.05, 0.1) is 5.69 Å².